The first-order valence-corrected chi connectivity index (χ1v) is 8.44. The summed E-state index contributed by atoms with van der Waals surface area (Å²) in [5, 5.41) is 8.61. The van der Waals surface area contributed by atoms with Gasteiger partial charge in [0.15, 0.2) is 0 Å². The summed E-state index contributed by atoms with van der Waals surface area (Å²) in [6.07, 6.45) is 4.19. The van der Waals surface area contributed by atoms with E-state index in [1.807, 2.05) is 18.2 Å². The van der Waals surface area contributed by atoms with Gasteiger partial charge < -0.3 is 9.80 Å². The summed E-state index contributed by atoms with van der Waals surface area (Å²) < 4.78 is 0. The number of H-pyrrole nitrogens is 1. The lowest BCUT2D eigenvalue weighted by Crippen LogP contribution is -2.44. The number of benzene rings is 2. The van der Waals surface area contributed by atoms with Crippen LogP contribution in [0.25, 0.3) is 23.1 Å². The summed E-state index contributed by atoms with van der Waals surface area (Å²) in [6, 6.07) is 17.0. The maximum absolute atomic E-state index is 4.38. The molecule has 0 spiro atoms. The molecule has 1 fully saturated rings. The predicted octanol–water partition coefficient (Wildman–Crippen LogP) is 3.49. The second kappa shape index (κ2) is 6.49. The van der Waals surface area contributed by atoms with E-state index in [-0.39, 0.29) is 0 Å². The second-order valence-electron chi connectivity index (χ2n) is 6.37. The molecule has 1 aliphatic rings. The summed E-state index contributed by atoms with van der Waals surface area (Å²) in [5.41, 5.74) is 4.56. The van der Waals surface area contributed by atoms with Crippen molar-refractivity contribution in [2.24, 2.45) is 0 Å². The van der Waals surface area contributed by atoms with Gasteiger partial charge in [-0.3, -0.25) is 5.10 Å². The minimum atomic E-state index is 0.980. The van der Waals surface area contributed by atoms with Crippen molar-refractivity contribution in [3.8, 4) is 0 Å². The monoisotopic (exact) mass is 318 g/mol. The zero-order chi connectivity index (χ0) is 16.4. The first kappa shape index (κ1) is 15.0. The van der Waals surface area contributed by atoms with Crippen molar-refractivity contribution in [3.05, 3.63) is 59.8 Å². The lowest BCUT2D eigenvalue weighted by atomic mass is 10.1. The average molecular weight is 318 g/mol. The lowest BCUT2D eigenvalue weighted by molar-refractivity contribution is 0.313. The van der Waals surface area contributed by atoms with Crippen LogP contribution < -0.4 is 4.90 Å². The number of fused-ring (bicyclic) bond motifs is 1. The van der Waals surface area contributed by atoms with E-state index in [0.717, 1.165) is 42.8 Å². The molecule has 122 valence electrons. The third-order valence-electron chi connectivity index (χ3n) is 4.69. The van der Waals surface area contributed by atoms with E-state index in [2.05, 4.69) is 69.5 Å². The molecule has 1 aromatic heterocycles. The van der Waals surface area contributed by atoms with Crippen molar-refractivity contribution in [2.75, 3.05) is 38.1 Å². The third kappa shape index (κ3) is 3.05. The largest absolute Gasteiger partial charge is 0.369 e. The highest BCUT2D eigenvalue weighted by Crippen LogP contribution is 2.20. The highest BCUT2D eigenvalue weighted by Gasteiger charge is 2.13. The zero-order valence-electron chi connectivity index (χ0n) is 13.9. The smallest absolute Gasteiger partial charge is 0.0927 e. The van der Waals surface area contributed by atoms with Crippen molar-refractivity contribution in [3.63, 3.8) is 0 Å². The molecule has 1 aliphatic heterocycles. The van der Waals surface area contributed by atoms with Crippen LogP contribution in [0, 0.1) is 0 Å². The van der Waals surface area contributed by atoms with Crippen LogP contribution >= 0.6 is 0 Å². The SMILES string of the molecule is CN1CCN(c2ccc(C=Cc3n[nH]c4ccccc34)cc2)CC1. The van der Waals surface area contributed by atoms with Gasteiger partial charge in [-0.05, 0) is 36.9 Å². The van der Waals surface area contributed by atoms with Crippen LogP contribution in [0.2, 0.25) is 0 Å². The van der Waals surface area contributed by atoms with Gasteiger partial charge in [0.25, 0.3) is 0 Å². The molecule has 0 radical (unpaired) electrons. The van der Waals surface area contributed by atoms with E-state index in [1.165, 1.54) is 11.3 Å². The highest BCUT2D eigenvalue weighted by atomic mass is 15.2. The molecule has 3 aromatic rings. The quantitative estimate of drug-likeness (QED) is 0.803. The molecule has 0 bridgehead atoms. The van der Waals surface area contributed by atoms with Crippen molar-refractivity contribution in [1.29, 1.82) is 0 Å². The minimum absolute atomic E-state index is 0.980. The Morgan fingerprint density at radius 2 is 1.67 bits per heavy atom. The van der Waals surface area contributed by atoms with E-state index in [1.54, 1.807) is 0 Å². The van der Waals surface area contributed by atoms with Crippen LogP contribution in [-0.2, 0) is 0 Å². The van der Waals surface area contributed by atoms with Crippen LogP contribution in [0.5, 0.6) is 0 Å². The fourth-order valence-corrected chi connectivity index (χ4v) is 3.15. The topological polar surface area (TPSA) is 35.2 Å². The molecule has 24 heavy (non-hydrogen) atoms. The van der Waals surface area contributed by atoms with Gasteiger partial charge in [-0.2, -0.15) is 5.10 Å². The highest BCUT2D eigenvalue weighted by molar-refractivity contribution is 5.89. The summed E-state index contributed by atoms with van der Waals surface area (Å²) in [7, 11) is 2.18. The van der Waals surface area contributed by atoms with Crippen molar-refractivity contribution < 1.29 is 0 Å². The minimum Gasteiger partial charge on any atom is -0.369 e. The summed E-state index contributed by atoms with van der Waals surface area (Å²) in [6.45, 7) is 4.47. The number of hydrogen-bond donors (Lipinski definition) is 1. The number of hydrogen-bond acceptors (Lipinski definition) is 3. The van der Waals surface area contributed by atoms with E-state index in [0.29, 0.717) is 0 Å². The fourth-order valence-electron chi connectivity index (χ4n) is 3.15. The number of nitrogens with one attached hydrogen (secondary N) is 1. The number of rotatable bonds is 3. The van der Waals surface area contributed by atoms with Crippen molar-refractivity contribution >= 4 is 28.7 Å². The van der Waals surface area contributed by atoms with Crippen molar-refractivity contribution in [1.82, 2.24) is 15.1 Å². The van der Waals surface area contributed by atoms with Crippen LogP contribution in [0.4, 0.5) is 5.69 Å². The van der Waals surface area contributed by atoms with Gasteiger partial charge in [-0.15, -0.1) is 0 Å². The summed E-state index contributed by atoms with van der Waals surface area (Å²) in [5.74, 6) is 0. The van der Waals surface area contributed by atoms with Crippen LogP contribution in [0.3, 0.4) is 0 Å². The van der Waals surface area contributed by atoms with E-state index in [9.17, 15) is 0 Å². The number of anilines is 1. The second-order valence-corrected chi connectivity index (χ2v) is 6.37. The van der Waals surface area contributed by atoms with Crippen LogP contribution in [0.1, 0.15) is 11.3 Å². The van der Waals surface area contributed by atoms with Crippen LogP contribution in [-0.4, -0.2) is 48.3 Å². The number of piperazine rings is 1. The third-order valence-corrected chi connectivity index (χ3v) is 4.69. The Morgan fingerprint density at radius 3 is 2.46 bits per heavy atom. The number of nitrogens with zero attached hydrogens (tertiary/aromatic N) is 3. The van der Waals surface area contributed by atoms with Gasteiger partial charge in [0.2, 0.25) is 0 Å². The molecule has 1 N–H and O–H groups in total. The number of para-hydroxylation sites is 1. The van der Waals surface area contributed by atoms with Crippen molar-refractivity contribution in [2.45, 2.75) is 0 Å². The standard InChI is InChI=1S/C20H22N4/c1-23-12-14-24(15-13-23)17-9-6-16(7-10-17)8-11-20-18-4-2-3-5-19(18)21-22-20/h2-11H,12-15H2,1H3,(H,21,22). The van der Waals surface area contributed by atoms with Gasteiger partial charge in [-0.25, -0.2) is 0 Å². The number of aromatic amines is 1. The Kier molecular flexibility index (Phi) is 4.05. The zero-order valence-corrected chi connectivity index (χ0v) is 13.9. The van der Waals surface area contributed by atoms with Gasteiger partial charge >= 0.3 is 0 Å². The molecule has 4 rings (SSSR count). The van der Waals surface area contributed by atoms with Gasteiger partial charge in [0.05, 0.1) is 11.2 Å². The van der Waals surface area contributed by atoms with Gasteiger partial charge in [-0.1, -0.05) is 36.4 Å². The predicted molar refractivity (Wildman–Crippen MR) is 101 cm³/mol. The molecule has 0 amide bonds. The summed E-state index contributed by atoms with van der Waals surface area (Å²) >= 11 is 0. The molecule has 4 nitrogen and oxygen atoms in total. The fraction of sp³-hybridized carbons (Fsp3) is 0.250. The molecule has 4 heteroatoms. The first-order chi connectivity index (χ1) is 11.8. The lowest BCUT2D eigenvalue weighted by Gasteiger charge is -2.34. The first-order valence-electron chi connectivity index (χ1n) is 8.44. The Bertz CT molecular complexity index is 839. The summed E-state index contributed by atoms with van der Waals surface area (Å²) in [4.78, 5) is 4.83. The molecule has 0 saturated carbocycles. The maximum Gasteiger partial charge on any atom is 0.0927 e. The average Bonchev–Trinajstić information content (AvgIpc) is 3.04. The number of aromatic nitrogens is 2. The molecular weight excluding hydrogens is 296 g/mol. The molecular formula is C20H22N4. The Hall–Kier alpha value is -2.59. The molecule has 0 unspecified atom stereocenters. The van der Waals surface area contributed by atoms with Gasteiger partial charge in [0.1, 0.15) is 0 Å². The van der Waals surface area contributed by atoms with E-state index >= 15 is 0 Å². The Balaban J connectivity index is 1.49. The molecule has 0 aliphatic carbocycles. The molecule has 2 aromatic carbocycles. The Morgan fingerprint density at radius 1 is 0.917 bits per heavy atom. The molecule has 0 atom stereocenters. The number of likely N-dealkylation sites (N-methyl/N-ethyl adjacent to an activating group) is 1. The maximum atomic E-state index is 4.38. The normalized spacial score (nSPS) is 16.3. The molecule has 1 saturated heterocycles. The van der Waals surface area contributed by atoms with Gasteiger partial charge in [0, 0.05) is 37.3 Å². The van der Waals surface area contributed by atoms with E-state index in [4.69, 9.17) is 0 Å². The molecule has 2 heterocycles. The van der Waals surface area contributed by atoms with Crippen LogP contribution in [0.15, 0.2) is 48.5 Å². The Labute approximate surface area is 142 Å². The van der Waals surface area contributed by atoms with E-state index < -0.39 is 0 Å².